The lowest BCUT2D eigenvalue weighted by atomic mass is 10.1. The number of hydrogen-bond donors (Lipinski definition) is 0. The molecule has 0 atom stereocenters. The second kappa shape index (κ2) is 5.61. The molecule has 0 N–H and O–H groups in total. The Labute approximate surface area is 99.1 Å². The molecule has 0 aliphatic carbocycles. The molecule has 0 fully saturated rings. The molecule has 0 aliphatic rings. The van der Waals surface area contributed by atoms with Gasteiger partial charge in [0.15, 0.2) is 5.78 Å². The van der Waals surface area contributed by atoms with Crippen LogP contribution in [0, 0.1) is 11.3 Å². The number of hydrogen-bond acceptors (Lipinski definition) is 4. The molecule has 4 nitrogen and oxygen atoms in total. The predicted octanol–water partition coefficient (Wildman–Crippen LogP) is 1.70. The van der Waals surface area contributed by atoms with Gasteiger partial charge in [-0.3, -0.25) is 4.79 Å². The monoisotopic (exact) mass is 229 g/mol. The number of ether oxygens (including phenoxy) is 1. The van der Waals surface area contributed by atoms with E-state index in [2.05, 4.69) is 4.74 Å². The Kier molecular flexibility index (Phi) is 4.18. The zero-order chi connectivity index (χ0) is 12.8. The summed E-state index contributed by atoms with van der Waals surface area (Å²) in [6, 6.07) is 8.59. The Morgan fingerprint density at radius 3 is 2.65 bits per heavy atom. The van der Waals surface area contributed by atoms with Crippen LogP contribution in [0.15, 0.2) is 29.8 Å². The summed E-state index contributed by atoms with van der Waals surface area (Å²) in [5.74, 6) is -1.06. The van der Waals surface area contributed by atoms with Crippen molar-refractivity contribution < 1.29 is 14.3 Å². The summed E-state index contributed by atoms with van der Waals surface area (Å²) in [6.45, 7) is 1.29. The fraction of sp³-hybridized carbons (Fsp3) is 0.154. The van der Waals surface area contributed by atoms with Gasteiger partial charge in [0, 0.05) is 0 Å². The molecule has 1 aromatic rings. The molecule has 0 bridgehead atoms. The number of nitrogens with zero attached hydrogens (tertiary/aromatic N) is 1. The Morgan fingerprint density at radius 1 is 1.41 bits per heavy atom. The van der Waals surface area contributed by atoms with E-state index in [4.69, 9.17) is 5.26 Å². The first kappa shape index (κ1) is 12.7. The van der Waals surface area contributed by atoms with Crippen molar-refractivity contribution in [3.63, 3.8) is 0 Å². The number of ketones is 1. The first-order chi connectivity index (χ1) is 8.08. The molecule has 17 heavy (non-hydrogen) atoms. The molecule has 0 saturated carbocycles. The molecule has 86 valence electrons. The molecule has 0 saturated heterocycles. The van der Waals surface area contributed by atoms with Gasteiger partial charge >= 0.3 is 5.97 Å². The van der Waals surface area contributed by atoms with Gasteiger partial charge in [-0.25, -0.2) is 4.79 Å². The summed E-state index contributed by atoms with van der Waals surface area (Å²) in [4.78, 5) is 22.6. The fourth-order valence-corrected chi connectivity index (χ4v) is 1.28. The van der Waals surface area contributed by atoms with E-state index >= 15 is 0 Å². The fourth-order valence-electron chi connectivity index (χ4n) is 1.28. The number of carbonyl (C=O) groups is 2. The van der Waals surface area contributed by atoms with E-state index in [0.29, 0.717) is 11.1 Å². The van der Waals surface area contributed by atoms with E-state index in [1.54, 1.807) is 24.3 Å². The molecule has 4 heteroatoms. The van der Waals surface area contributed by atoms with E-state index < -0.39 is 5.97 Å². The molecule has 1 rings (SSSR count). The maximum absolute atomic E-state index is 11.3. The number of esters is 1. The average Bonchev–Trinajstić information content (AvgIpc) is 2.35. The van der Waals surface area contributed by atoms with Crippen LogP contribution in [0.25, 0.3) is 6.08 Å². The summed E-state index contributed by atoms with van der Waals surface area (Å²) >= 11 is 0. The van der Waals surface area contributed by atoms with Crippen molar-refractivity contribution in [3.05, 3.63) is 41.0 Å². The van der Waals surface area contributed by atoms with E-state index in [0.717, 1.165) is 0 Å². The molecular formula is C13H11NO3. The standard InChI is InChI=1S/C13H11NO3/c1-9(15)12(13(16)17-2)7-10-4-3-5-11(6-10)8-14/h3-7H,1-2H3. The zero-order valence-electron chi connectivity index (χ0n) is 9.56. The van der Waals surface area contributed by atoms with Crippen LogP contribution in [0.1, 0.15) is 18.1 Å². The lowest BCUT2D eigenvalue weighted by Gasteiger charge is -2.01. The third-order valence-electron chi connectivity index (χ3n) is 2.11. The van der Waals surface area contributed by atoms with Gasteiger partial charge in [-0.05, 0) is 30.7 Å². The third-order valence-corrected chi connectivity index (χ3v) is 2.11. The van der Waals surface area contributed by atoms with Gasteiger partial charge in [-0.2, -0.15) is 5.26 Å². The number of benzene rings is 1. The van der Waals surface area contributed by atoms with Crippen molar-refractivity contribution >= 4 is 17.8 Å². The van der Waals surface area contributed by atoms with E-state index in [1.165, 1.54) is 20.1 Å². The van der Waals surface area contributed by atoms with Crippen molar-refractivity contribution in [1.29, 1.82) is 5.26 Å². The maximum Gasteiger partial charge on any atom is 0.341 e. The van der Waals surface area contributed by atoms with Gasteiger partial charge < -0.3 is 4.74 Å². The topological polar surface area (TPSA) is 67.2 Å². The summed E-state index contributed by atoms with van der Waals surface area (Å²) in [5.41, 5.74) is 1.04. The van der Waals surface area contributed by atoms with Gasteiger partial charge in [-0.1, -0.05) is 12.1 Å². The number of nitriles is 1. The SMILES string of the molecule is COC(=O)C(=Cc1cccc(C#N)c1)C(C)=O. The molecule has 0 spiro atoms. The van der Waals surface area contributed by atoms with Crippen LogP contribution in [0.5, 0.6) is 0 Å². The number of methoxy groups -OCH3 is 1. The van der Waals surface area contributed by atoms with Crippen LogP contribution >= 0.6 is 0 Å². The largest absolute Gasteiger partial charge is 0.465 e. The quantitative estimate of drug-likeness (QED) is 0.342. The van der Waals surface area contributed by atoms with Crippen LogP contribution in [-0.4, -0.2) is 18.9 Å². The minimum absolute atomic E-state index is 0.0393. The normalized spacial score (nSPS) is 10.5. The highest BCUT2D eigenvalue weighted by molar-refractivity contribution is 6.19. The van der Waals surface area contributed by atoms with Gasteiger partial charge in [0.2, 0.25) is 0 Å². The lowest BCUT2D eigenvalue weighted by Crippen LogP contribution is -2.11. The second-order valence-corrected chi connectivity index (χ2v) is 3.34. The molecule has 0 amide bonds. The highest BCUT2D eigenvalue weighted by Crippen LogP contribution is 2.11. The average molecular weight is 229 g/mol. The minimum Gasteiger partial charge on any atom is -0.465 e. The summed E-state index contributed by atoms with van der Waals surface area (Å²) in [6.07, 6.45) is 1.41. The van der Waals surface area contributed by atoms with Crippen molar-refractivity contribution in [2.75, 3.05) is 7.11 Å². The lowest BCUT2D eigenvalue weighted by molar-refractivity contribution is -0.137. The number of carbonyl (C=O) groups excluding carboxylic acids is 2. The third kappa shape index (κ3) is 3.28. The van der Waals surface area contributed by atoms with E-state index in [1.807, 2.05) is 6.07 Å². The van der Waals surface area contributed by atoms with Crippen LogP contribution in [0.4, 0.5) is 0 Å². The first-order valence-corrected chi connectivity index (χ1v) is 4.89. The first-order valence-electron chi connectivity index (χ1n) is 4.89. The van der Waals surface area contributed by atoms with Crippen molar-refractivity contribution in [1.82, 2.24) is 0 Å². The van der Waals surface area contributed by atoms with Gasteiger partial charge in [0.05, 0.1) is 18.7 Å². The molecule has 0 heterocycles. The van der Waals surface area contributed by atoms with Crippen molar-refractivity contribution in [2.45, 2.75) is 6.92 Å². The van der Waals surface area contributed by atoms with Gasteiger partial charge in [0.1, 0.15) is 5.57 Å². The minimum atomic E-state index is -0.681. The Morgan fingerprint density at radius 2 is 2.12 bits per heavy atom. The number of Topliss-reactive ketones (excluding diaryl/α,β-unsaturated/α-hetero) is 1. The van der Waals surface area contributed by atoms with Crippen LogP contribution in [0.2, 0.25) is 0 Å². The summed E-state index contributed by atoms with van der Waals surface area (Å²) in [5, 5.41) is 8.73. The second-order valence-electron chi connectivity index (χ2n) is 3.34. The summed E-state index contributed by atoms with van der Waals surface area (Å²) < 4.78 is 4.51. The molecule has 0 radical (unpaired) electrons. The predicted molar refractivity (Wildman–Crippen MR) is 61.8 cm³/mol. The van der Waals surface area contributed by atoms with Crippen molar-refractivity contribution in [3.8, 4) is 6.07 Å². The van der Waals surface area contributed by atoms with Gasteiger partial charge in [-0.15, -0.1) is 0 Å². The van der Waals surface area contributed by atoms with E-state index in [-0.39, 0.29) is 11.4 Å². The van der Waals surface area contributed by atoms with Crippen LogP contribution in [0.3, 0.4) is 0 Å². The Hall–Kier alpha value is -2.41. The molecule has 1 aromatic carbocycles. The molecular weight excluding hydrogens is 218 g/mol. The van der Waals surface area contributed by atoms with Crippen molar-refractivity contribution in [2.24, 2.45) is 0 Å². The Balaban J connectivity index is 3.18. The maximum atomic E-state index is 11.3. The van der Waals surface area contributed by atoms with Gasteiger partial charge in [0.25, 0.3) is 0 Å². The van der Waals surface area contributed by atoms with Crippen LogP contribution < -0.4 is 0 Å². The molecule has 0 aliphatic heterocycles. The highest BCUT2D eigenvalue weighted by Gasteiger charge is 2.14. The number of rotatable bonds is 3. The smallest absolute Gasteiger partial charge is 0.341 e. The zero-order valence-corrected chi connectivity index (χ0v) is 9.56. The molecule has 0 unspecified atom stereocenters. The van der Waals surface area contributed by atoms with E-state index in [9.17, 15) is 9.59 Å². The Bertz CT molecular complexity index is 524. The van der Waals surface area contributed by atoms with Crippen LogP contribution in [-0.2, 0) is 14.3 Å². The highest BCUT2D eigenvalue weighted by atomic mass is 16.5. The summed E-state index contributed by atoms with van der Waals surface area (Å²) in [7, 11) is 1.21. The molecule has 0 aromatic heterocycles.